The number of nitrogens with one attached hydrogen (secondary N) is 2. The number of ether oxygens (including phenoxy) is 1. The predicted molar refractivity (Wildman–Crippen MR) is 83.8 cm³/mol. The first-order valence-electron chi connectivity index (χ1n) is 6.66. The van der Waals surface area contributed by atoms with Crippen molar-refractivity contribution in [2.75, 3.05) is 12.4 Å². The molecule has 0 aromatic heterocycles. The highest BCUT2D eigenvalue weighted by atomic mass is 16.5. The normalized spacial score (nSPS) is 9.86. The molecule has 114 valence electrons. The molecule has 0 spiro atoms. The molecule has 0 unspecified atom stereocenters. The highest BCUT2D eigenvalue weighted by Crippen LogP contribution is 2.12. The average Bonchev–Trinajstić information content (AvgIpc) is 2.52. The van der Waals surface area contributed by atoms with Crippen molar-refractivity contribution < 1.29 is 14.3 Å². The summed E-state index contributed by atoms with van der Waals surface area (Å²) in [5.41, 5.74) is 6.93. The Morgan fingerprint density at radius 2 is 1.86 bits per heavy atom. The van der Waals surface area contributed by atoms with Gasteiger partial charge in [0.1, 0.15) is 5.75 Å². The van der Waals surface area contributed by atoms with Crippen molar-refractivity contribution in [3.05, 3.63) is 59.7 Å². The molecular weight excluding hydrogens is 282 g/mol. The van der Waals surface area contributed by atoms with Gasteiger partial charge in [-0.25, -0.2) is 4.79 Å². The van der Waals surface area contributed by atoms with Gasteiger partial charge < -0.3 is 21.1 Å². The van der Waals surface area contributed by atoms with Gasteiger partial charge in [0.15, 0.2) is 0 Å². The summed E-state index contributed by atoms with van der Waals surface area (Å²) in [4.78, 5) is 22.9. The van der Waals surface area contributed by atoms with Crippen molar-refractivity contribution in [2.45, 2.75) is 6.54 Å². The first-order valence-corrected chi connectivity index (χ1v) is 6.66. The molecule has 0 aliphatic heterocycles. The number of hydrogen-bond donors (Lipinski definition) is 3. The molecule has 0 fully saturated rings. The Morgan fingerprint density at radius 3 is 2.50 bits per heavy atom. The van der Waals surface area contributed by atoms with Gasteiger partial charge in [0.05, 0.1) is 7.11 Å². The van der Waals surface area contributed by atoms with Gasteiger partial charge in [0.25, 0.3) is 5.91 Å². The molecule has 2 aromatic carbocycles. The van der Waals surface area contributed by atoms with E-state index in [0.29, 0.717) is 17.8 Å². The first kappa shape index (κ1) is 15.4. The lowest BCUT2D eigenvalue weighted by atomic mass is 10.1. The van der Waals surface area contributed by atoms with Gasteiger partial charge in [0, 0.05) is 17.8 Å². The van der Waals surface area contributed by atoms with Gasteiger partial charge in [0.2, 0.25) is 0 Å². The second-order valence-corrected chi connectivity index (χ2v) is 4.60. The number of methoxy groups -OCH3 is 1. The Hall–Kier alpha value is -3.02. The number of hydrogen-bond acceptors (Lipinski definition) is 3. The van der Waals surface area contributed by atoms with E-state index < -0.39 is 6.03 Å². The molecule has 0 aliphatic rings. The van der Waals surface area contributed by atoms with E-state index in [-0.39, 0.29) is 5.91 Å². The molecule has 0 bridgehead atoms. The van der Waals surface area contributed by atoms with E-state index in [4.69, 9.17) is 10.5 Å². The van der Waals surface area contributed by atoms with Crippen molar-refractivity contribution in [3.8, 4) is 5.75 Å². The van der Waals surface area contributed by atoms with Crippen LogP contribution in [0.5, 0.6) is 5.75 Å². The zero-order valence-electron chi connectivity index (χ0n) is 12.1. The summed E-state index contributed by atoms with van der Waals surface area (Å²) in [6.07, 6.45) is 0. The highest BCUT2D eigenvalue weighted by molar-refractivity contribution is 5.96. The number of benzene rings is 2. The van der Waals surface area contributed by atoms with Crippen molar-refractivity contribution in [1.29, 1.82) is 0 Å². The van der Waals surface area contributed by atoms with Crippen molar-refractivity contribution >= 4 is 17.6 Å². The third-order valence-corrected chi connectivity index (χ3v) is 3.00. The molecule has 0 radical (unpaired) electrons. The monoisotopic (exact) mass is 299 g/mol. The van der Waals surface area contributed by atoms with Crippen LogP contribution in [-0.4, -0.2) is 19.0 Å². The number of amides is 3. The molecule has 0 aliphatic carbocycles. The molecule has 3 amide bonds. The smallest absolute Gasteiger partial charge is 0.316 e. The second kappa shape index (κ2) is 7.12. The van der Waals surface area contributed by atoms with Crippen LogP contribution in [0.15, 0.2) is 48.5 Å². The molecule has 0 saturated heterocycles. The molecule has 0 heterocycles. The molecule has 2 aromatic rings. The SMILES string of the molecule is COc1ccc(CNC(=O)c2cccc(NC(N)=O)c2)cc1. The topological polar surface area (TPSA) is 93.4 Å². The van der Waals surface area contributed by atoms with Crippen molar-refractivity contribution in [2.24, 2.45) is 5.73 Å². The summed E-state index contributed by atoms with van der Waals surface area (Å²) in [6.45, 7) is 0.399. The van der Waals surface area contributed by atoms with Gasteiger partial charge in [-0.05, 0) is 35.9 Å². The summed E-state index contributed by atoms with van der Waals surface area (Å²) < 4.78 is 5.08. The van der Waals surface area contributed by atoms with Gasteiger partial charge >= 0.3 is 6.03 Å². The third kappa shape index (κ3) is 4.24. The lowest BCUT2D eigenvalue weighted by Gasteiger charge is -2.08. The maximum absolute atomic E-state index is 12.1. The van der Waals surface area contributed by atoms with Crippen LogP contribution >= 0.6 is 0 Å². The van der Waals surface area contributed by atoms with Crippen molar-refractivity contribution in [1.82, 2.24) is 5.32 Å². The lowest BCUT2D eigenvalue weighted by Crippen LogP contribution is -2.23. The number of carbonyl (C=O) groups is 2. The first-order chi connectivity index (χ1) is 10.6. The number of primary amides is 1. The standard InChI is InChI=1S/C16H17N3O3/c1-22-14-7-5-11(6-8-14)10-18-15(20)12-3-2-4-13(9-12)19-16(17)21/h2-9H,10H2,1H3,(H,18,20)(H3,17,19,21). The van der Waals surface area contributed by atoms with E-state index >= 15 is 0 Å². The zero-order chi connectivity index (χ0) is 15.9. The minimum atomic E-state index is -0.671. The van der Waals surface area contributed by atoms with E-state index in [0.717, 1.165) is 11.3 Å². The third-order valence-electron chi connectivity index (χ3n) is 3.00. The fourth-order valence-corrected chi connectivity index (χ4v) is 1.91. The zero-order valence-corrected chi connectivity index (χ0v) is 12.1. The summed E-state index contributed by atoms with van der Waals surface area (Å²) >= 11 is 0. The summed E-state index contributed by atoms with van der Waals surface area (Å²) in [7, 11) is 1.60. The maximum Gasteiger partial charge on any atom is 0.316 e. The number of anilines is 1. The molecule has 22 heavy (non-hydrogen) atoms. The number of nitrogens with two attached hydrogens (primary N) is 1. The fraction of sp³-hybridized carbons (Fsp3) is 0.125. The maximum atomic E-state index is 12.1. The molecule has 6 heteroatoms. The van der Waals surface area contributed by atoms with Crippen molar-refractivity contribution in [3.63, 3.8) is 0 Å². The van der Waals surface area contributed by atoms with Crippen LogP contribution < -0.4 is 21.1 Å². The van der Waals surface area contributed by atoms with E-state index in [9.17, 15) is 9.59 Å². The Labute approximate surface area is 128 Å². The molecule has 0 atom stereocenters. The lowest BCUT2D eigenvalue weighted by molar-refractivity contribution is 0.0951. The summed E-state index contributed by atoms with van der Waals surface area (Å²) in [5, 5.41) is 5.24. The Morgan fingerprint density at radius 1 is 1.14 bits per heavy atom. The minimum Gasteiger partial charge on any atom is -0.497 e. The van der Waals surface area contributed by atoms with Gasteiger partial charge in [-0.15, -0.1) is 0 Å². The van der Waals surface area contributed by atoms with Crippen LogP contribution in [-0.2, 0) is 6.54 Å². The Balaban J connectivity index is 1.97. The summed E-state index contributed by atoms with van der Waals surface area (Å²) in [6, 6.07) is 13.3. The van der Waals surface area contributed by atoms with Crippen LogP contribution in [0.3, 0.4) is 0 Å². The quantitative estimate of drug-likeness (QED) is 0.789. The van der Waals surface area contributed by atoms with E-state index in [1.165, 1.54) is 0 Å². The van der Waals surface area contributed by atoms with Crippen LogP contribution in [0, 0.1) is 0 Å². The van der Waals surface area contributed by atoms with E-state index in [1.807, 2.05) is 24.3 Å². The van der Waals surface area contributed by atoms with Crippen LogP contribution in [0.2, 0.25) is 0 Å². The molecule has 4 N–H and O–H groups in total. The predicted octanol–water partition coefficient (Wildman–Crippen LogP) is 2.12. The Kier molecular flexibility index (Phi) is 4.98. The average molecular weight is 299 g/mol. The largest absolute Gasteiger partial charge is 0.497 e. The van der Waals surface area contributed by atoms with Crippen LogP contribution in [0.25, 0.3) is 0 Å². The van der Waals surface area contributed by atoms with Crippen LogP contribution in [0.4, 0.5) is 10.5 Å². The number of rotatable bonds is 5. The van der Waals surface area contributed by atoms with Gasteiger partial charge in [-0.1, -0.05) is 18.2 Å². The number of carbonyl (C=O) groups excluding carboxylic acids is 2. The molecular formula is C16H17N3O3. The summed E-state index contributed by atoms with van der Waals surface area (Å²) in [5.74, 6) is 0.532. The Bertz CT molecular complexity index is 669. The highest BCUT2D eigenvalue weighted by Gasteiger charge is 2.07. The number of urea groups is 1. The van der Waals surface area contributed by atoms with E-state index in [1.54, 1.807) is 31.4 Å². The molecule has 2 rings (SSSR count). The van der Waals surface area contributed by atoms with Gasteiger partial charge in [-0.2, -0.15) is 0 Å². The second-order valence-electron chi connectivity index (χ2n) is 4.60. The van der Waals surface area contributed by atoms with Crippen LogP contribution in [0.1, 0.15) is 15.9 Å². The van der Waals surface area contributed by atoms with E-state index in [2.05, 4.69) is 10.6 Å². The molecule has 6 nitrogen and oxygen atoms in total. The van der Waals surface area contributed by atoms with Gasteiger partial charge in [-0.3, -0.25) is 4.79 Å². The fourth-order valence-electron chi connectivity index (χ4n) is 1.91. The minimum absolute atomic E-state index is 0.232. The molecule has 0 saturated carbocycles.